The average molecular weight is 150 g/mol. The van der Waals surface area contributed by atoms with E-state index < -0.39 is 24.8 Å². The molecule has 0 aliphatic carbocycles. The maximum Gasteiger partial charge on any atom is 0.186 e. The first-order valence-electron chi connectivity index (χ1n) is 2.99. The Balaban J connectivity index is 2.49. The average Bonchev–Trinajstić information content (AvgIpc) is 1.82. The molecule has 0 bridgehead atoms. The van der Waals surface area contributed by atoms with Gasteiger partial charge in [-0.15, -0.1) is 0 Å². The molecule has 1 unspecified atom stereocenters. The van der Waals surface area contributed by atoms with Crippen molar-refractivity contribution in [1.29, 1.82) is 0 Å². The maximum atomic E-state index is 8.87. The second-order valence-electron chi connectivity index (χ2n) is 2.27. The number of aliphatic hydroxyl groups is 4. The fraction of sp³-hybridized carbons (Fsp3) is 1.00. The van der Waals surface area contributed by atoms with Crippen LogP contribution in [0, 0.1) is 0 Å². The molecule has 0 spiro atoms. The molecule has 0 aromatic heterocycles. The minimum atomic E-state index is -1.49. The smallest absolute Gasteiger partial charge is 0.186 e. The summed E-state index contributed by atoms with van der Waals surface area (Å²) in [7, 11) is 0. The van der Waals surface area contributed by atoms with Crippen LogP contribution >= 0.6 is 0 Å². The second-order valence-corrected chi connectivity index (χ2v) is 2.27. The van der Waals surface area contributed by atoms with E-state index in [4.69, 9.17) is 20.4 Å². The third-order valence-electron chi connectivity index (χ3n) is 1.43. The van der Waals surface area contributed by atoms with Crippen molar-refractivity contribution in [3.63, 3.8) is 0 Å². The zero-order chi connectivity index (χ0) is 7.72. The van der Waals surface area contributed by atoms with Crippen LogP contribution in [0.15, 0.2) is 0 Å². The summed E-state index contributed by atoms with van der Waals surface area (Å²) in [5.41, 5.74) is 0. The van der Waals surface area contributed by atoms with Crippen LogP contribution in [0.3, 0.4) is 0 Å². The van der Waals surface area contributed by atoms with E-state index in [0.717, 1.165) is 0 Å². The van der Waals surface area contributed by atoms with Gasteiger partial charge in [0.1, 0.15) is 6.10 Å². The molecule has 1 saturated heterocycles. The second kappa shape index (κ2) is 2.81. The van der Waals surface area contributed by atoms with E-state index >= 15 is 0 Å². The van der Waals surface area contributed by atoms with Gasteiger partial charge in [-0.1, -0.05) is 0 Å². The monoisotopic (exact) mass is 150 g/mol. The van der Waals surface area contributed by atoms with Gasteiger partial charge in [-0.25, -0.2) is 0 Å². The van der Waals surface area contributed by atoms with Crippen molar-refractivity contribution in [1.82, 2.24) is 0 Å². The third-order valence-corrected chi connectivity index (χ3v) is 1.43. The summed E-state index contributed by atoms with van der Waals surface area (Å²) in [6, 6.07) is 0. The van der Waals surface area contributed by atoms with Gasteiger partial charge < -0.3 is 25.2 Å². The highest BCUT2D eigenvalue weighted by Gasteiger charge is 2.34. The normalized spacial score (nSPS) is 49.2. The number of rotatable bonds is 0. The Morgan fingerprint density at radius 1 is 1.10 bits per heavy atom. The number of hydrogen-bond donors (Lipinski definition) is 4. The lowest BCUT2D eigenvalue weighted by Gasteiger charge is -2.31. The molecule has 60 valence electrons. The largest absolute Gasteiger partial charge is 0.390 e. The zero-order valence-corrected chi connectivity index (χ0v) is 5.21. The number of ether oxygens (including phenoxy) is 1. The molecule has 0 amide bonds. The van der Waals surface area contributed by atoms with Gasteiger partial charge >= 0.3 is 0 Å². The predicted octanol–water partition coefficient (Wildman–Crippen LogP) is -2.23. The van der Waals surface area contributed by atoms with Crippen LogP contribution in [0.5, 0.6) is 0 Å². The van der Waals surface area contributed by atoms with Gasteiger partial charge in [0.15, 0.2) is 12.6 Å². The summed E-state index contributed by atoms with van der Waals surface area (Å²) in [6.45, 7) is 0. The number of hydrogen-bond acceptors (Lipinski definition) is 5. The summed E-state index contributed by atoms with van der Waals surface area (Å²) in [5.74, 6) is 0. The SMILES string of the molecule is OC1[C@H](O)C[C@H](O)O[C@@H]1O. The third kappa shape index (κ3) is 1.44. The molecule has 1 rings (SSSR count). The van der Waals surface area contributed by atoms with Gasteiger partial charge in [-0.2, -0.15) is 0 Å². The lowest BCUT2D eigenvalue weighted by Crippen LogP contribution is -2.47. The Morgan fingerprint density at radius 3 is 2.20 bits per heavy atom. The topological polar surface area (TPSA) is 90.2 Å². The van der Waals surface area contributed by atoms with Crippen molar-refractivity contribution < 1.29 is 25.2 Å². The van der Waals surface area contributed by atoms with Crippen molar-refractivity contribution in [2.24, 2.45) is 0 Å². The fourth-order valence-electron chi connectivity index (χ4n) is 0.833. The van der Waals surface area contributed by atoms with E-state index in [0.29, 0.717) is 0 Å². The van der Waals surface area contributed by atoms with E-state index in [1.54, 1.807) is 0 Å². The first kappa shape index (κ1) is 7.90. The highest BCUT2D eigenvalue weighted by atomic mass is 16.7. The van der Waals surface area contributed by atoms with Crippen LogP contribution in [0.4, 0.5) is 0 Å². The van der Waals surface area contributed by atoms with Crippen LogP contribution in [-0.2, 0) is 4.74 Å². The first-order chi connectivity index (χ1) is 4.61. The molecule has 0 radical (unpaired) electrons. The molecule has 0 aromatic rings. The Bertz CT molecular complexity index is 105. The van der Waals surface area contributed by atoms with Gasteiger partial charge in [-0.05, 0) is 0 Å². The molecular weight excluding hydrogens is 140 g/mol. The van der Waals surface area contributed by atoms with Crippen molar-refractivity contribution >= 4 is 0 Å². The van der Waals surface area contributed by atoms with Gasteiger partial charge in [0, 0.05) is 6.42 Å². The number of aliphatic hydroxyl groups excluding tert-OH is 4. The first-order valence-corrected chi connectivity index (χ1v) is 2.99. The quantitative estimate of drug-likeness (QED) is 0.313. The maximum absolute atomic E-state index is 8.87. The minimum absolute atomic E-state index is 0.0712. The van der Waals surface area contributed by atoms with Crippen LogP contribution in [0.2, 0.25) is 0 Å². The summed E-state index contributed by atoms with van der Waals surface area (Å²) in [5, 5.41) is 35.1. The molecule has 0 aromatic carbocycles. The van der Waals surface area contributed by atoms with Crippen molar-refractivity contribution in [2.45, 2.75) is 31.2 Å². The molecule has 1 aliphatic rings. The molecule has 1 aliphatic heterocycles. The molecule has 4 N–H and O–H groups in total. The lowest BCUT2D eigenvalue weighted by molar-refractivity contribution is -0.293. The lowest BCUT2D eigenvalue weighted by atomic mass is 10.1. The molecule has 10 heavy (non-hydrogen) atoms. The van der Waals surface area contributed by atoms with Crippen LogP contribution in [0.1, 0.15) is 6.42 Å². The highest BCUT2D eigenvalue weighted by Crippen LogP contribution is 2.16. The molecule has 0 saturated carbocycles. The molecular formula is C5H10O5. The zero-order valence-electron chi connectivity index (χ0n) is 5.21. The Kier molecular flexibility index (Phi) is 2.22. The van der Waals surface area contributed by atoms with Crippen molar-refractivity contribution in [2.75, 3.05) is 0 Å². The van der Waals surface area contributed by atoms with Gasteiger partial charge in [-0.3, -0.25) is 0 Å². The van der Waals surface area contributed by atoms with Crippen molar-refractivity contribution in [3.8, 4) is 0 Å². The van der Waals surface area contributed by atoms with Crippen molar-refractivity contribution in [3.05, 3.63) is 0 Å². The summed E-state index contributed by atoms with van der Waals surface area (Å²) in [4.78, 5) is 0. The fourth-order valence-corrected chi connectivity index (χ4v) is 0.833. The summed E-state index contributed by atoms with van der Waals surface area (Å²) < 4.78 is 4.37. The predicted molar refractivity (Wildman–Crippen MR) is 29.7 cm³/mol. The van der Waals surface area contributed by atoms with E-state index in [1.165, 1.54) is 0 Å². The van der Waals surface area contributed by atoms with Crippen LogP contribution in [-0.4, -0.2) is 45.2 Å². The van der Waals surface area contributed by atoms with Crippen LogP contribution in [0.25, 0.3) is 0 Å². The van der Waals surface area contributed by atoms with Gasteiger partial charge in [0.2, 0.25) is 0 Å². The van der Waals surface area contributed by atoms with Gasteiger partial charge in [0.05, 0.1) is 6.10 Å². The van der Waals surface area contributed by atoms with Gasteiger partial charge in [0.25, 0.3) is 0 Å². The van der Waals surface area contributed by atoms with E-state index in [-0.39, 0.29) is 6.42 Å². The molecule has 5 nitrogen and oxygen atoms in total. The standard InChI is InChI=1S/C5H10O5/c6-2-1-3(7)10-5(9)4(2)8/h2-9H,1H2/t2-,3-,4?,5+/m1/s1. The van der Waals surface area contributed by atoms with Crippen LogP contribution < -0.4 is 0 Å². The Labute approximate surface area is 57.5 Å². The van der Waals surface area contributed by atoms with E-state index in [9.17, 15) is 0 Å². The summed E-state index contributed by atoms with van der Waals surface area (Å²) in [6.07, 6.45) is -5.17. The highest BCUT2D eigenvalue weighted by molar-refractivity contribution is 4.75. The minimum Gasteiger partial charge on any atom is -0.390 e. The molecule has 4 atom stereocenters. The Hall–Kier alpha value is -0.200. The molecule has 5 heteroatoms. The van der Waals surface area contributed by atoms with E-state index in [2.05, 4.69) is 4.74 Å². The molecule has 1 heterocycles. The Morgan fingerprint density at radius 2 is 1.70 bits per heavy atom. The summed E-state index contributed by atoms with van der Waals surface area (Å²) >= 11 is 0. The van der Waals surface area contributed by atoms with E-state index in [1.807, 2.05) is 0 Å². The molecule has 1 fully saturated rings.